The van der Waals surface area contributed by atoms with Crippen LogP contribution in [0.4, 0.5) is 5.69 Å². The van der Waals surface area contributed by atoms with Crippen LogP contribution in [-0.4, -0.2) is 32.1 Å². The van der Waals surface area contributed by atoms with Gasteiger partial charge in [0.05, 0.1) is 11.0 Å². The number of rotatable bonds is 6. The van der Waals surface area contributed by atoms with E-state index in [1.807, 2.05) is 10.6 Å². The van der Waals surface area contributed by atoms with Crippen molar-refractivity contribution in [2.24, 2.45) is 0 Å². The Bertz CT molecular complexity index is 853. The van der Waals surface area contributed by atoms with Crippen molar-refractivity contribution in [2.75, 3.05) is 6.61 Å². The Morgan fingerprint density at radius 2 is 2.08 bits per heavy atom. The Labute approximate surface area is 149 Å². The first-order valence-corrected chi connectivity index (χ1v) is 8.31. The molecule has 1 aliphatic rings. The van der Waals surface area contributed by atoms with Gasteiger partial charge in [-0.05, 0) is 25.0 Å². The van der Waals surface area contributed by atoms with Gasteiger partial charge in [-0.3, -0.25) is 14.9 Å². The topological polar surface area (TPSA) is 124 Å². The van der Waals surface area contributed by atoms with Gasteiger partial charge in [0.15, 0.2) is 17.5 Å². The number of carbonyl (C=O) groups is 1. The van der Waals surface area contributed by atoms with Crippen molar-refractivity contribution in [2.45, 2.75) is 38.1 Å². The first kappa shape index (κ1) is 17.5. The summed E-state index contributed by atoms with van der Waals surface area (Å²) in [5.41, 5.74) is -0.0651. The number of ether oxygens (including phenoxy) is 1. The Balaban J connectivity index is 1.69. The van der Waals surface area contributed by atoms with Crippen LogP contribution in [0, 0.1) is 21.4 Å². The molecule has 0 amide bonds. The van der Waals surface area contributed by atoms with E-state index in [0.29, 0.717) is 18.1 Å². The molecule has 0 N–H and O–H groups in total. The Morgan fingerprint density at radius 1 is 1.31 bits per heavy atom. The summed E-state index contributed by atoms with van der Waals surface area (Å²) in [6, 6.07) is 7.40. The molecule has 1 aromatic heterocycles. The largest absolute Gasteiger partial charge is 0.486 e. The molecule has 1 aliphatic heterocycles. The third-order valence-electron chi connectivity index (χ3n) is 4.28. The van der Waals surface area contributed by atoms with Crippen molar-refractivity contribution in [1.29, 1.82) is 5.26 Å². The van der Waals surface area contributed by atoms with Gasteiger partial charge in [-0.2, -0.15) is 5.26 Å². The number of ketones is 1. The summed E-state index contributed by atoms with van der Waals surface area (Å²) in [5, 5.41) is 28.3. The summed E-state index contributed by atoms with van der Waals surface area (Å²) in [7, 11) is 0. The van der Waals surface area contributed by atoms with Crippen LogP contribution in [0.5, 0.6) is 5.75 Å². The van der Waals surface area contributed by atoms with Gasteiger partial charge < -0.3 is 9.30 Å². The lowest BCUT2D eigenvalue weighted by atomic mass is 10.1. The smallest absolute Gasteiger partial charge is 0.269 e. The van der Waals surface area contributed by atoms with Gasteiger partial charge in [0, 0.05) is 25.1 Å². The van der Waals surface area contributed by atoms with Gasteiger partial charge >= 0.3 is 0 Å². The third-order valence-corrected chi connectivity index (χ3v) is 4.28. The number of aryl methyl sites for hydroxylation is 1. The fourth-order valence-electron chi connectivity index (χ4n) is 2.90. The monoisotopic (exact) mass is 355 g/mol. The van der Waals surface area contributed by atoms with Crippen LogP contribution in [-0.2, 0) is 17.8 Å². The molecule has 9 nitrogen and oxygen atoms in total. The minimum absolute atomic E-state index is 0.0651. The molecule has 2 heterocycles. The number of benzene rings is 1. The van der Waals surface area contributed by atoms with Crippen LogP contribution < -0.4 is 4.74 Å². The van der Waals surface area contributed by atoms with E-state index in [1.54, 1.807) is 0 Å². The number of nitro groups is 1. The number of non-ortho nitro benzene ring substituents is 1. The number of nitrogens with zero attached hydrogens (tertiary/aromatic N) is 5. The molecule has 26 heavy (non-hydrogen) atoms. The Kier molecular flexibility index (Phi) is 5.22. The first-order chi connectivity index (χ1) is 12.6. The summed E-state index contributed by atoms with van der Waals surface area (Å²) >= 11 is 0. The Morgan fingerprint density at radius 3 is 2.77 bits per heavy atom. The normalized spacial score (nSPS) is 14.6. The molecular weight excluding hydrogens is 338 g/mol. The number of fused-ring (bicyclic) bond motifs is 1. The maximum absolute atomic E-state index is 12.5. The van der Waals surface area contributed by atoms with Gasteiger partial charge in [-0.1, -0.05) is 6.42 Å². The zero-order valence-corrected chi connectivity index (χ0v) is 14.0. The summed E-state index contributed by atoms with van der Waals surface area (Å²) in [5.74, 6) is 0.0157. The van der Waals surface area contributed by atoms with E-state index >= 15 is 0 Å². The van der Waals surface area contributed by atoms with Crippen molar-refractivity contribution < 1.29 is 14.5 Å². The predicted molar refractivity (Wildman–Crippen MR) is 89.5 cm³/mol. The molecule has 0 aliphatic carbocycles. The highest BCUT2D eigenvalue weighted by molar-refractivity contribution is 5.88. The number of hydrogen-bond donors (Lipinski definition) is 0. The molecule has 0 saturated heterocycles. The van der Waals surface area contributed by atoms with Gasteiger partial charge in [0.1, 0.15) is 18.2 Å². The van der Waals surface area contributed by atoms with Crippen LogP contribution in [0.1, 0.15) is 36.8 Å². The van der Waals surface area contributed by atoms with Crippen LogP contribution in [0.2, 0.25) is 0 Å². The van der Waals surface area contributed by atoms with E-state index in [-0.39, 0.29) is 12.3 Å². The van der Waals surface area contributed by atoms with E-state index in [1.165, 1.54) is 24.3 Å². The summed E-state index contributed by atoms with van der Waals surface area (Å²) in [6.45, 7) is 0.380. The van der Waals surface area contributed by atoms with Crippen molar-refractivity contribution in [1.82, 2.24) is 14.8 Å². The zero-order chi connectivity index (χ0) is 18.5. The maximum Gasteiger partial charge on any atom is 0.269 e. The fraction of sp³-hybridized carbons (Fsp3) is 0.412. The average molecular weight is 355 g/mol. The summed E-state index contributed by atoms with van der Waals surface area (Å²) in [4.78, 5) is 22.6. The molecule has 2 aromatic rings. The minimum atomic E-state index is -1.05. The van der Waals surface area contributed by atoms with Crippen LogP contribution in [0.15, 0.2) is 24.3 Å². The maximum atomic E-state index is 12.5. The molecule has 0 radical (unpaired) electrons. The highest BCUT2D eigenvalue weighted by atomic mass is 16.6. The number of nitro benzene ring substituents is 1. The standard InChI is InChI=1S/C17H17N5O4/c18-10-14(17-20-19-16-4-2-1-3-9-21(16)17)15(23)11-26-13-7-5-12(6-8-13)22(24)25/h5-8,14H,1-4,9,11H2/t14-/m1/s1. The second-order valence-electron chi connectivity index (χ2n) is 6.00. The molecule has 1 atom stereocenters. The zero-order valence-electron chi connectivity index (χ0n) is 14.0. The molecule has 9 heteroatoms. The van der Waals surface area contributed by atoms with E-state index < -0.39 is 16.6 Å². The lowest BCUT2D eigenvalue weighted by Crippen LogP contribution is -2.22. The number of nitriles is 1. The molecule has 0 spiro atoms. The molecule has 0 saturated carbocycles. The third kappa shape index (κ3) is 3.69. The highest BCUT2D eigenvalue weighted by Crippen LogP contribution is 2.22. The quantitative estimate of drug-likeness (QED) is 0.574. The van der Waals surface area contributed by atoms with E-state index in [4.69, 9.17) is 4.74 Å². The van der Waals surface area contributed by atoms with Gasteiger partial charge in [-0.15, -0.1) is 10.2 Å². The second kappa shape index (κ2) is 7.74. The molecule has 1 aromatic carbocycles. The van der Waals surface area contributed by atoms with Gasteiger partial charge in [0.2, 0.25) is 0 Å². The van der Waals surface area contributed by atoms with Gasteiger partial charge in [-0.25, -0.2) is 0 Å². The van der Waals surface area contributed by atoms with Crippen LogP contribution >= 0.6 is 0 Å². The van der Waals surface area contributed by atoms with Gasteiger partial charge in [0.25, 0.3) is 5.69 Å². The van der Waals surface area contributed by atoms with E-state index in [0.717, 1.165) is 31.5 Å². The molecule has 3 rings (SSSR count). The van der Waals surface area contributed by atoms with Crippen molar-refractivity contribution in [3.05, 3.63) is 46.0 Å². The highest BCUT2D eigenvalue weighted by Gasteiger charge is 2.28. The predicted octanol–water partition coefficient (Wildman–Crippen LogP) is 2.17. The SMILES string of the molecule is N#C[C@H](C(=O)COc1ccc([N+](=O)[O-])cc1)c1nnc2n1CCCCC2. The first-order valence-electron chi connectivity index (χ1n) is 8.31. The molecular formula is C17H17N5O4. The molecule has 0 bridgehead atoms. The van der Waals surface area contributed by atoms with Crippen LogP contribution in [0.25, 0.3) is 0 Å². The molecule has 0 fully saturated rings. The molecule has 134 valence electrons. The minimum Gasteiger partial charge on any atom is -0.486 e. The number of aromatic nitrogens is 3. The lowest BCUT2D eigenvalue weighted by Gasteiger charge is -2.11. The number of hydrogen-bond acceptors (Lipinski definition) is 7. The second-order valence-corrected chi connectivity index (χ2v) is 6.00. The van der Waals surface area contributed by atoms with E-state index in [9.17, 15) is 20.2 Å². The lowest BCUT2D eigenvalue weighted by molar-refractivity contribution is -0.384. The average Bonchev–Trinajstić information content (AvgIpc) is 2.88. The Hall–Kier alpha value is -3.28. The van der Waals surface area contributed by atoms with Crippen molar-refractivity contribution in [3.8, 4) is 11.8 Å². The summed E-state index contributed by atoms with van der Waals surface area (Å²) in [6.07, 6.45) is 3.85. The van der Waals surface area contributed by atoms with Crippen molar-refractivity contribution >= 4 is 11.5 Å². The van der Waals surface area contributed by atoms with Crippen LogP contribution in [0.3, 0.4) is 0 Å². The van der Waals surface area contributed by atoms with Crippen molar-refractivity contribution in [3.63, 3.8) is 0 Å². The fourth-order valence-corrected chi connectivity index (χ4v) is 2.90. The number of Topliss-reactive ketones (excluding diaryl/α,β-unsaturated/α-hetero) is 1. The number of carbonyl (C=O) groups excluding carboxylic acids is 1. The summed E-state index contributed by atoms with van der Waals surface area (Å²) < 4.78 is 7.24. The molecule has 0 unspecified atom stereocenters. The van der Waals surface area contributed by atoms with E-state index in [2.05, 4.69) is 10.2 Å².